The number of rotatable bonds is 4. The Balaban J connectivity index is 1.75. The Labute approximate surface area is 113 Å². The third-order valence-corrected chi connectivity index (χ3v) is 4.26. The van der Waals surface area contributed by atoms with Crippen LogP contribution in [0.4, 0.5) is 5.82 Å². The first-order chi connectivity index (χ1) is 9.38. The minimum atomic E-state index is 0.315. The molecule has 2 aromatic rings. The number of aliphatic hydroxyl groups excluding tert-OH is 1. The van der Waals surface area contributed by atoms with E-state index in [1.165, 1.54) is 23.6 Å². The first-order valence-corrected chi connectivity index (χ1v) is 7.07. The molecule has 0 spiro atoms. The highest BCUT2D eigenvalue weighted by Gasteiger charge is 2.26. The van der Waals surface area contributed by atoms with Crippen molar-refractivity contribution in [2.24, 2.45) is 11.8 Å². The van der Waals surface area contributed by atoms with E-state index in [9.17, 15) is 5.11 Å². The highest BCUT2D eigenvalue weighted by atomic mass is 16.3. The van der Waals surface area contributed by atoms with Crippen molar-refractivity contribution in [3.05, 3.63) is 36.5 Å². The van der Waals surface area contributed by atoms with Gasteiger partial charge in [0.2, 0.25) is 0 Å². The molecule has 2 N–H and O–H groups in total. The molecule has 0 aliphatic heterocycles. The first kappa shape index (κ1) is 12.4. The summed E-state index contributed by atoms with van der Waals surface area (Å²) in [6.07, 6.45) is 5.46. The van der Waals surface area contributed by atoms with Crippen LogP contribution in [-0.4, -0.2) is 23.2 Å². The van der Waals surface area contributed by atoms with Gasteiger partial charge >= 0.3 is 0 Å². The average Bonchev–Trinajstić information content (AvgIpc) is 2.92. The molecule has 0 bridgehead atoms. The zero-order valence-electron chi connectivity index (χ0n) is 11.0. The number of anilines is 1. The summed E-state index contributed by atoms with van der Waals surface area (Å²) in [6, 6.07) is 10.3. The number of fused-ring (bicyclic) bond motifs is 1. The summed E-state index contributed by atoms with van der Waals surface area (Å²) in [5.41, 5.74) is 0. The van der Waals surface area contributed by atoms with Crippen LogP contribution in [-0.2, 0) is 0 Å². The molecule has 0 radical (unpaired) electrons. The normalized spacial score (nSPS) is 22.8. The predicted molar refractivity (Wildman–Crippen MR) is 78.1 cm³/mol. The van der Waals surface area contributed by atoms with Crippen molar-refractivity contribution in [1.29, 1.82) is 0 Å². The number of aromatic nitrogens is 1. The first-order valence-electron chi connectivity index (χ1n) is 7.07. The van der Waals surface area contributed by atoms with E-state index < -0.39 is 0 Å². The summed E-state index contributed by atoms with van der Waals surface area (Å²) in [5.74, 6) is 2.00. The molecule has 1 aliphatic carbocycles. The van der Waals surface area contributed by atoms with Gasteiger partial charge in [0.15, 0.2) is 0 Å². The van der Waals surface area contributed by atoms with Gasteiger partial charge in [0.25, 0.3) is 0 Å². The lowest BCUT2D eigenvalue weighted by molar-refractivity contribution is 0.199. The van der Waals surface area contributed by atoms with Crippen LogP contribution in [0.1, 0.15) is 19.3 Å². The van der Waals surface area contributed by atoms with Crippen molar-refractivity contribution in [1.82, 2.24) is 4.98 Å². The Bertz CT molecular complexity index is 550. The second kappa shape index (κ2) is 5.57. The average molecular weight is 256 g/mol. The molecular weight excluding hydrogens is 236 g/mol. The summed E-state index contributed by atoms with van der Waals surface area (Å²) in [5, 5.41) is 15.2. The lowest BCUT2D eigenvalue weighted by atomic mass is 9.97. The lowest BCUT2D eigenvalue weighted by Gasteiger charge is -2.18. The smallest absolute Gasteiger partial charge is 0.133 e. The summed E-state index contributed by atoms with van der Waals surface area (Å²) >= 11 is 0. The lowest BCUT2D eigenvalue weighted by Crippen LogP contribution is -2.21. The quantitative estimate of drug-likeness (QED) is 0.883. The number of nitrogens with zero attached hydrogens (tertiary/aromatic N) is 1. The van der Waals surface area contributed by atoms with Gasteiger partial charge in [0, 0.05) is 24.7 Å². The van der Waals surface area contributed by atoms with Crippen LogP contribution >= 0.6 is 0 Å². The van der Waals surface area contributed by atoms with Crippen molar-refractivity contribution < 1.29 is 5.11 Å². The van der Waals surface area contributed by atoms with Gasteiger partial charge < -0.3 is 10.4 Å². The van der Waals surface area contributed by atoms with E-state index in [0.717, 1.165) is 18.8 Å². The predicted octanol–water partition coefficient (Wildman–Crippen LogP) is 3.06. The van der Waals surface area contributed by atoms with Crippen LogP contribution in [0.25, 0.3) is 10.8 Å². The Morgan fingerprint density at radius 2 is 2.00 bits per heavy atom. The molecule has 100 valence electrons. The molecule has 1 saturated carbocycles. The topological polar surface area (TPSA) is 45.1 Å². The monoisotopic (exact) mass is 256 g/mol. The molecule has 0 amide bonds. The molecular formula is C16H20N2O. The number of pyridine rings is 1. The van der Waals surface area contributed by atoms with Crippen molar-refractivity contribution in [3.8, 4) is 0 Å². The van der Waals surface area contributed by atoms with Gasteiger partial charge in [-0.25, -0.2) is 4.98 Å². The molecule has 1 aromatic carbocycles. The second-order valence-electron chi connectivity index (χ2n) is 5.40. The third-order valence-electron chi connectivity index (χ3n) is 4.26. The van der Waals surface area contributed by atoms with Gasteiger partial charge in [-0.15, -0.1) is 0 Å². The van der Waals surface area contributed by atoms with Crippen LogP contribution in [0.15, 0.2) is 36.5 Å². The van der Waals surface area contributed by atoms with Crippen molar-refractivity contribution in [2.75, 3.05) is 18.5 Å². The molecule has 1 fully saturated rings. The molecule has 3 rings (SSSR count). The number of hydrogen-bond acceptors (Lipinski definition) is 3. The molecule has 3 heteroatoms. The maximum Gasteiger partial charge on any atom is 0.133 e. The van der Waals surface area contributed by atoms with Gasteiger partial charge in [-0.2, -0.15) is 0 Å². The fraction of sp³-hybridized carbons (Fsp3) is 0.438. The van der Waals surface area contributed by atoms with Crippen molar-refractivity contribution >= 4 is 16.6 Å². The van der Waals surface area contributed by atoms with Gasteiger partial charge in [-0.1, -0.05) is 30.7 Å². The largest absolute Gasteiger partial charge is 0.396 e. The van der Waals surface area contributed by atoms with E-state index in [0.29, 0.717) is 18.4 Å². The fourth-order valence-electron chi connectivity index (χ4n) is 3.11. The number of aliphatic hydroxyl groups is 1. The highest BCUT2D eigenvalue weighted by molar-refractivity contribution is 5.91. The standard InChI is InChI=1S/C16H20N2O/c19-11-14-6-3-5-13(14)10-18-16-15-7-2-1-4-12(15)8-9-17-16/h1-2,4,7-9,13-14,19H,3,5-6,10-11H2,(H,17,18). The Morgan fingerprint density at radius 1 is 1.16 bits per heavy atom. The Kier molecular flexibility index (Phi) is 3.65. The Morgan fingerprint density at radius 3 is 2.89 bits per heavy atom. The summed E-state index contributed by atoms with van der Waals surface area (Å²) in [4.78, 5) is 4.45. The van der Waals surface area contributed by atoms with Crippen LogP contribution in [0, 0.1) is 11.8 Å². The molecule has 2 atom stereocenters. The molecule has 0 saturated heterocycles. The molecule has 2 unspecified atom stereocenters. The van der Waals surface area contributed by atoms with Crippen LogP contribution in [0.2, 0.25) is 0 Å². The van der Waals surface area contributed by atoms with Gasteiger partial charge in [0.1, 0.15) is 5.82 Å². The highest BCUT2D eigenvalue weighted by Crippen LogP contribution is 2.31. The summed E-state index contributed by atoms with van der Waals surface area (Å²) < 4.78 is 0. The van der Waals surface area contributed by atoms with Crippen molar-refractivity contribution in [2.45, 2.75) is 19.3 Å². The summed E-state index contributed by atoms with van der Waals surface area (Å²) in [7, 11) is 0. The zero-order valence-corrected chi connectivity index (χ0v) is 11.0. The third kappa shape index (κ3) is 2.56. The second-order valence-corrected chi connectivity index (χ2v) is 5.40. The van der Waals surface area contributed by atoms with E-state index >= 15 is 0 Å². The van der Waals surface area contributed by atoms with E-state index in [-0.39, 0.29) is 0 Å². The molecule has 1 heterocycles. The Hall–Kier alpha value is -1.61. The van der Waals surface area contributed by atoms with Crippen LogP contribution in [0.5, 0.6) is 0 Å². The fourth-order valence-corrected chi connectivity index (χ4v) is 3.11. The van der Waals surface area contributed by atoms with E-state index in [1.54, 1.807) is 0 Å². The SMILES string of the molecule is OCC1CCCC1CNc1nccc2ccccc12. The van der Waals surface area contributed by atoms with Gasteiger partial charge in [-0.05, 0) is 36.1 Å². The van der Waals surface area contributed by atoms with Gasteiger partial charge in [-0.3, -0.25) is 0 Å². The minimum absolute atomic E-state index is 0.315. The van der Waals surface area contributed by atoms with Crippen LogP contribution < -0.4 is 5.32 Å². The molecule has 1 aliphatic rings. The van der Waals surface area contributed by atoms with Crippen molar-refractivity contribution in [3.63, 3.8) is 0 Å². The summed E-state index contributed by atoms with van der Waals surface area (Å²) in [6.45, 7) is 1.22. The molecule has 1 aromatic heterocycles. The maximum absolute atomic E-state index is 9.36. The maximum atomic E-state index is 9.36. The number of hydrogen-bond donors (Lipinski definition) is 2. The van der Waals surface area contributed by atoms with E-state index in [4.69, 9.17) is 0 Å². The van der Waals surface area contributed by atoms with E-state index in [2.05, 4.69) is 22.4 Å². The van der Waals surface area contributed by atoms with Crippen LogP contribution in [0.3, 0.4) is 0 Å². The number of benzene rings is 1. The molecule has 3 nitrogen and oxygen atoms in total. The number of nitrogens with one attached hydrogen (secondary N) is 1. The minimum Gasteiger partial charge on any atom is -0.396 e. The zero-order chi connectivity index (χ0) is 13.1. The molecule has 19 heavy (non-hydrogen) atoms. The van der Waals surface area contributed by atoms with E-state index in [1.807, 2.05) is 24.4 Å². The van der Waals surface area contributed by atoms with Gasteiger partial charge in [0.05, 0.1) is 0 Å².